The molecule has 6 nitrogen and oxygen atoms in total. The highest BCUT2D eigenvalue weighted by Gasteiger charge is 2.18. The number of likely N-dealkylation sites (N-methyl/N-ethyl adjacent to an activating group) is 1. The Balaban J connectivity index is 1.94. The van der Waals surface area contributed by atoms with Gasteiger partial charge >= 0.3 is 0 Å². The second-order valence-corrected chi connectivity index (χ2v) is 7.26. The first-order valence-electron chi connectivity index (χ1n) is 9.61. The number of hydrogen-bond donors (Lipinski definition) is 2. The van der Waals surface area contributed by atoms with Crippen LogP contribution in [0.5, 0.6) is 0 Å². The Morgan fingerprint density at radius 3 is 2.53 bits per heavy atom. The maximum Gasteiger partial charge on any atom is 0.267 e. The van der Waals surface area contributed by atoms with Gasteiger partial charge in [0.1, 0.15) is 11.5 Å². The highest BCUT2D eigenvalue weighted by Crippen LogP contribution is 2.22. The molecule has 0 unspecified atom stereocenters. The van der Waals surface area contributed by atoms with E-state index in [0.717, 1.165) is 16.5 Å². The summed E-state index contributed by atoms with van der Waals surface area (Å²) in [6.45, 7) is 1.06. The summed E-state index contributed by atoms with van der Waals surface area (Å²) in [6.07, 6.45) is 3.50. The molecular weight excluding hydrogens is 383 g/mol. The molecule has 2 N–H and O–H groups in total. The monoisotopic (exact) mass is 408 g/mol. The molecule has 0 saturated heterocycles. The molecule has 7 heteroatoms. The molecule has 2 aromatic carbocycles. The van der Waals surface area contributed by atoms with Gasteiger partial charge in [0.25, 0.3) is 11.8 Å². The second kappa shape index (κ2) is 9.37. The Bertz CT molecular complexity index is 1100. The van der Waals surface area contributed by atoms with Crippen molar-refractivity contribution in [3.63, 3.8) is 0 Å². The third-order valence-electron chi connectivity index (χ3n) is 4.68. The van der Waals surface area contributed by atoms with E-state index in [0.29, 0.717) is 13.1 Å². The zero-order valence-corrected chi connectivity index (χ0v) is 17.3. The summed E-state index contributed by atoms with van der Waals surface area (Å²) >= 11 is 0. The minimum atomic E-state index is -0.678. The Labute approximate surface area is 175 Å². The van der Waals surface area contributed by atoms with Crippen molar-refractivity contribution in [1.82, 2.24) is 20.1 Å². The zero-order valence-electron chi connectivity index (χ0n) is 17.3. The lowest BCUT2D eigenvalue weighted by atomic mass is 10.1. The number of halogens is 1. The molecule has 156 valence electrons. The number of nitrogens with zero attached hydrogens (tertiary/aromatic N) is 2. The number of nitrogens with one attached hydrogen (secondary N) is 2. The van der Waals surface area contributed by atoms with Gasteiger partial charge in [0.05, 0.1) is 5.56 Å². The molecule has 3 rings (SSSR count). The van der Waals surface area contributed by atoms with Crippen LogP contribution in [0.15, 0.2) is 60.4 Å². The molecule has 2 amide bonds. The third kappa shape index (κ3) is 4.93. The lowest BCUT2D eigenvalue weighted by Gasteiger charge is -2.13. The van der Waals surface area contributed by atoms with Crippen LogP contribution < -0.4 is 10.6 Å². The van der Waals surface area contributed by atoms with Crippen LogP contribution in [0.4, 0.5) is 4.39 Å². The number of rotatable bonds is 7. The van der Waals surface area contributed by atoms with Crippen LogP contribution in [0.3, 0.4) is 0 Å². The van der Waals surface area contributed by atoms with Gasteiger partial charge in [-0.3, -0.25) is 9.59 Å². The van der Waals surface area contributed by atoms with Crippen LogP contribution in [0.2, 0.25) is 0 Å². The fourth-order valence-electron chi connectivity index (χ4n) is 3.13. The molecule has 1 heterocycles. The van der Waals surface area contributed by atoms with Crippen LogP contribution in [-0.2, 0) is 11.8 Å². The summed E-state index contributed by atoms with van der Waals surface area (Å²) in [7, 11) is 5.71. The van der Waals surface area contributed by atoms with Gasteiger partial charge in [-0.15, -0.1) is 0 Å². The number of aryl methyl sites for hydroxylation is 1. The Hall–Kier alpha value is -3.45. The standard InChI is InChI=1S/C23H25FN4O2/c1-27(2)13-12-25-23(30)20(26-22(29)18-9-4-6-10-19(18)24)14-16-15-28(3)21-11-7-5-8-17(16)21/h4-11,14-15H,12-13H2,1-3H3,(H,25,30)(H,26,29). The number of hydrogen-bond acceptors (Lipinski definition) is 3. The zero-order chi connectivity index (χ0) is 21.7. The van der Waals surface area contributed by atoms with Crippen molar-refractivity contribution < 1.29 is 14.0 Å². The minimum absolute atomic E-state index is 0.0540. The first-order chi connectivity index (χ1) is 14.4. The lowest BCUT2D eigenvalue weighted by Crippen LogP contribution is -2.38. The van der Waals surface area contributed by atoms with Crippen molar-refractivity contribution in [2.45, 2.75) is 0 Å². The van der Waals surface area contributed by atoms with Crippen molar-refractivity contribution in [2.75, 3.05) is 27.2 Å². The van der Waals surface area contributed by atoms with E-state index in [1.165, 1.54) is 18.2 Å². The van der Waals surface area contributed by atoms with Crippen molar-refractivity contribution in [3.05, 3.63) is 77.4 Å². The molecule has 1 aromatic heterocycles. The van der Waals surface area contributed by atoms with Crippen LogP contribution in [0.25, 0.3) is 17.0 Å². The summed E-state index contributed by atoms with van der Waals surface area (Å²) in [5.74, 6) is -1.76. The maximum atomic E-state index is 14.0. The van der Waals surface area contributed by atoms with Crippen LogP contribution in [0.1, 0.15) is 15.9 Å². The van der Waals surface area contributed by atoms with E-state index in [9.17, 15) is 14.0 Å². The summed E-state index contributed by atoms with van der Waals surface area (Å²) in [4.78, 5) is 27.4. The van der Waals surface area contributed by atoms with Crippen molar-refractivity contribution in [1.29, 1.82) is 0 Å². The van der Waals surface area contributed by atoms with Crippen LogP contribution in [0, 0.1) is 5.82 Å². The fraction of sp³-hybridized carbons (Fsp3) is 0.217. The van der Waals surface area contributed by atoms with Gasteiger partial charge in [-0.2, -0.15) is 0 Å². The molecular formula is C23H25FN4O2. The quantitative estimate of drug-likeness (QED) is 0.591. The number of fused-ring (bicyclic) bond motifs is 1. The Kier molecular flexibility index (Phi) is 6.64. The maximum absolute atomic E-state index is 14.0. The number of benzene rings is 2. The first-order valence-corrected chi connectivity index (χ1v) is 9.61. The molecule has 0 radical (unpaired) electrons. The molecule has 0 aliphatic carbocycles. The van der Waals surface area contributed by atoms with Gasteiger partial charge in [0, 0.05) is 42.8 Å². The number of para-hydroxylation sites is 1. The van der Waals surface area contributed by atoms with Crippen molar-refractivity contribution in [3.8, 4) is 0 Å². The molecule has 0 spiro atoms. The lowest BCUT2D eigenvalue weighted by molar-refractivity contribution is -0.117. The molecule has 3 aromatic rings. The fourth-order valence-corrected chi connectivity index (χ4v) is 3.13. The normalized spacial score (nSPS) is 11.7. The predicted molar refractivity (Wildman–Crippen MR) is 116 cm³/mol. The summed E-state index contributed by atoms with van der Waals surface area (Å²) < 4.78 is 16.0. The van der Waals surface area contributed by atoms with Crippen LogP contribution >= 0.6 is 0 Å². The second-order valence-electron chi connectivity index (χ2n) is 7.26. The van der Waals surface area contributed by atoms with E-state index in [2.05, 4.69) is 10.6 Å². The van der Waals surface area contributed by atoms with E-state index in [4.69, 9.17) is 0 Å². The van der Waals surface area contributed by atoms with Crippen LogP contribution in [-0.4, -0.2) is 48.5 Å². The third-order valence-corrected chi connectivity index (χ3v) is 4.68. The first kappa shape index (κ1) is 21.3. The highest BCUT2D eigenvalue weighted by molar-refractivity contribution is 6.06. The van der Waals surface area contributed by atoms with Crippen molar-refractivity contribution in [2.24, 2.45) is 7.05 Å². The SMILES string of the molecule is CN(C)CCNC(=O)C(=Cc1cn(C)c2ccccc12)NC(=O)c1ccccc1F. The molecule has 0 aliphatic rings. The predicted octanol–water partition coefficient (Wildman–Crippen LogP) is 2.77. The molecule has 30 heavy (non-hydrogen) atoms. The van der Waals surface area contributed by atoms with E-state index in [-0.39, 0.29) is 11.3 Å². The molecule has 0 saturated carbocycles. The van der Waals surface area contributed by atoms with Gasteiger partial charge in [-0.25, -0.2) is 4.39 Å². The van der Waals surface area contributed by atoms with E-state index < -0.39 is 17.6 Å². The van der Waals surface area contributed by atoms with E-state index >= 15 is 0 Å². The minimum Gasteiger partial charge on any atom is -0.350 e. The molecule has 0 bridgehead atoms. The topological polar surface area (TPSA) is 66.4 Å². The van der Waals surface area contributed by atoms with Gasteiger partial charge in [0.15, 0.2) is 0 Å². The molecule has 0 aliphatic heterocycles. The Morgan fingerprint density at radius 1 is 1.10 bits per heavy atom. The van der Waals surface area contributed by atoms with Gasteiger partial charge in [-0.05, 0) is 38.4 Å². The Morgan fingerprint density at radius 2 is 1.80 bits per heavy atom. The van der Waals surface area contributed by atoms with E-state index in [1.54, 1.807) is 12.1 Å². The smallest absolute Gasteiger partial charge is 0.267 e. The number of aromatic nitrogens is 1. The molecule has 0 atom stereocenters. The molecule has 0 fully saturated rings. The average Bonchev–Trinajstić information content (AvgIpc) is 3.03. The van der Waals surface area contributed by atoms with Crippen molar-refractivity contribution >= 4 is 28.8 Å². The van der Waals surface area contributed by atoms with E-state index in [1.807, 2.05) is 61.1 Å². The largest absolute Gasteiger partial charge is 0.350 e. The number of amides is 2. The number of carbonyl (C=O) groups is 2. The number of carbonyl (C=O) groups excluding carboxylic acids is 2. The summed E-state index contributed by atoms with van der Waals surface area (Å²) in [6, 6.07) is 13.4. The van der Waals surface area contributed by atoms with Gasteiger partial charge in [0.2, 0.25) is 0 Å². The average molecular weight is 408 g/mol. The summed E-state index contributed by atoms with van der Waals surface area (Å²) in [5, 5.41) is 6.32. The van der Waals surface area contributed by atoms with Gasteiger partial charge < -0.3 is 20.1 Å². The highest BCUT2D eigenvalue weighted by atomic mass is 19.1. The summed E-state index contributed by atoms with van der Waals surface area (Å²) in [5.41, 5.74) is 1.71. The van der Waals surface area contributed by atoms with Gasteiger partial charge in [-0.1, -0.05) is 30.3 Å².